The van der Waals surface area contributed by atoms with Crippen molar-refractivity contribution in [2.24, 2.45) is 57.2 Å². The Bertz CT molecular complexity index is 2180. The van der Waals surface area contributed by atoms with Crippen molar-refractivity contribution in [3.05, 3.63) is 46.6 Å². The molecule has 0 aromatic heterocycles. The summed E-state index contributed by atoms with van der Waals surface area (Å²) in [6.45, 7) is 12.1. The van der Waals surface area contributed by atoms with Gasteiger partial charge in [0.1, 0.15) is 22.7 Å². The number of carbonyl (C=O) groups is 1. The Hall–Kier alpha value is -2.43. The highest BCUT2D eigenvalue weighted by atomic mass is 16.6. The number of allylic oxidation sites excluding steroid dienone is 2. The number of hydrogen-bond acceptors (Lipinski definition) is 13. The number of nitrogens with one attached hydrogen (secondary N) is 2. The third-order valence-electron chi connectivity index (χ3n) is 20.9. The van der Waals surface area contributed by atoms with Crippen LogP contribution in [0, 0.1) is 57.2 Å². The summed E-state index contributed by atoms with van der Waals surface area (Å²) in [7, 11) is 1.81. The molecule has 13 heteroatoms. The minimum atomic E-state index is -1.75. The third kappa shape index (κ3) is 5.97. The van der Waals surface area contributed by atoms with E-state index >= 15 is 4.79 Å². The zero-order valence-electron chi connectivity index (χ0n) is 40.1. The topological polar surface area (TPSA) is 221 Å². The zero-order chi connectivity index (χ0) is 47.2. The Kier molecular flexibility index (Phi) is 11.3. The summed E-state index contributed by atoms with van der Waals surface area (Å²) >= 11 is 0. The summed E-state index contributed by atoms with van der Waals surface area (Å²) < 4.78 is 14.4. The van der Waals surface area contributed by atoms with Crippen LogP contribution in [0.1, 0.15) is 122 Å². The number of aliphatic hydroxyl groups excluding tert-OH is 3. The summed E-state index contributed by atoms with van der Waals surface area (Å²) in [6, 6.07) is 2.91. The van der Waals surface area contributed by atoms with Crippen LogP contribution in [0.25, 0.3) is 0 Å². The minimum absolute atomic E-state index is 0.0414. The number of ether oxygens (including phenoxy) is 2. The molecule has 1 heterocycles. The number of carbonyl (C=O) groups excluding carboxylic acids is 1. The van der Waals surface area contributed by atoms with Crippen molar-refractivity contribution in [1.29, 1.82) is 0 Å². The van der Waals surface area contributed by atoms with Gasteiger partial charge in [-0.15, -0.1) is 0 Å². The van der Waals surface area contributed by atoms with Gasteiger partial charge in [0.25, 0.3) is 0 Å². The SMILES string of the molecule is CCNCC1=CC2(C)CCC1C1(OC3CC4(O)C5=CC(=O)C6C7c8cc(O)cc(O)c8CCC7(O)C(OCC(CO)CNC)CC6(C)C5C5(CCCC5)CC4(C)C3C1(O)CCO)C(O)C2C. The molecule has 2 bridgehead atoms. The Morgan fingerprint density at radius 2 is 1.74 bits per heavy atom. The smallest absolute Gasteiger partial charge is 0.160 e. The van der Waals surface area contributed by atoms with Gasteiger partial charge in [-0.2, -0.15) is 0 Å². The second-order valence-electron chi connectivity index (χ2n) is 23.9. The average Bonchev–Trinajstić information content (AvgIpc) is 3.86. The van der Waals surface area contributed by atoms with E-state index in [0.717, 1.165) is 44.2 Å². The first kappa shape index (κ1) is 47.3. The lowest BCUT2D eigenvalue weighted by molar-refractivity contribution is -0.255. The Morgan fingerprint density at radius 3 is 2.42 bits per heavy atom. The molecule has 10 N–H and O–H groups in total. The van der Waals surface area contributed by atoms with E-state index < -0.39 is 74.7 Å². The highest BCUT2D eigenvalue weighted by Crippen LogP contribution is 2.80. The van der Waals surface area contributed by atoms with E-state index in [1.54, 1.807) is 12.1 Å². The first-order valence-electron chi connectivity index (χ1n) is 25.5. The maximum Gasteiger partial charge on any atom is 0.160 e. The quantitative estimate of drug-likeness (QED) is 0.141. The second-order valence-corrected chi connectivity index (χ2v) is 23.9. The molecule has 6 fully saturated rings. The van der Waals surface area contributed by atoms with Crippen molar-refractivity contribution in [2.75, 3.05) is 46.5 Å². The third-order valence-corrected chi connectivity index (χ3v) is 20.9. The second kappa shape index (κ2) is 15.8. The molecule has 1 aliphatic heterocycles. The van der Waals surface area contributed by atoms with E-state index in [-0.39, 0.29) is 85.5 Å². The van der Waals surface area contributed by atoms with Crippen molar-refractivity contribution < 1.29 is 55.1 Å². The van der Waals surface area contributed by atoms with Crippen LogP contribution in [0.2, 0.25) is 0 Å². The highest BCUT2D eigenvalue weighted by molar-refractivity contribution is 5.96. The number of hydrogen-bond donors (Lipinski definition) is 10. The number of phenols is 2. The van der Waals surface area contributed by atoms with Gasteiger partial charge in [0.15, 0.2) is 5.78 Å². The van der Waals surface area contributed by atoms with E-state index in [4.69, 9.17) is 9.47 Å². The molecule has 17 unspecified atom stereocenters. The predicted molar refractivity (Wildman–Crippen MR) is 246 cm³/mol. The van der Waals surface area contributed by atoms with Gasteiger partial charge in [-0.1, -0.05) is 59.1 Å². The van der Waals surface area contributed by atoms with Crippen LogP contribution in [-0.4, -0.2) is 134 Å². The highest BCUT2D eigenvalue weighted by Gasteiger charge is 2.84. The van der Waals surface area contributed by atoms with Crippen molar-refractivity contribution in [2.45, 2.75) is 158 Å². The number of rotatable bonds is 11. The number of benzene rings is 1. The fourth-order valence-corrected chi connectivity index (χ4v) is 18.3. The summed E-state index contributed by atoms with van der Waals surface area (Å²) in [5, 5.41) is 105. The van der Waals surface area contributed by atoms with Gasteiger partial charge in [-0.25, -0.2) is 0 Å². The average molecular weight is 919 g/mol. The molecule has 13 nitrogen and oxygen atoms in total. The maximum absolute atomic E-state index is 15.6. The van der Waals surface area contributed by atoms with Crippen LogP contribution in [0.3, 0.4) is 0 Å². The number of aromatic hydroxyl groups is 2. The molecule has 11 rings (SSSR count). The van der Waals surface area contributed by atoms with Crippen LogP contribution in [0.5, 0.6) is 11.5 Å². The van der Waals surface area contributed by atoms with Crippen LogP contribution >= 0.6 is 0 Å². The van der Waals surface area contributed by atoms with E-state index in [1.165, 1.54) is 6.07 Å². The summed E-state index contributed by atoms with van der Waals surface area (Å²) in [5.41, 5.74) is -6.23. The number of ketones is 1. The molecule has 1 saturated heterocycles. The molecule has 2 spiro atoms. The van der Waals surface area contributed by atoms with Gasteiger partial charge in [0.2, 0.25) is 0 Å². The first-order chi connectivity index (χ1) is 31.2. The molecule has 10 aliphatic rings. The first-order valence-corrected chi connectivity index (χ1v) is 25.5. The van der Waals surface area contributed by atoms with E-state index in [1.807, 2.05) is 7.05 Å². The number of likely N-dealkylation sites (N-methyl/N-ethyl adjacent to an activating group) is 1. The lowest BCUT2D eigenvalue weighted by atomic mass is 9.36. The van der Waals surface area contributed by atoms with Gasteiger partial charge in [0.05, 0.1) is 36.1 Å². The molecule has 0 amide bonds. The maximum atomic E-state index is 15.6. The predicted octanol–water partition coefficient (Wildman–Crippen LogP) is 4.16. The number of fused-ring (bicyclic) bond motifs is 14. The summed E-state index contributed by atoms with van der Waals surface area (Å²) in [6.07, 6.45) is 7.93. The zero-order valence-corrected chi connectivity index (χ0v) is 40.1. The molecule has 1 aromatic rings. The molecule has 17 atom stereocenters. The molecule has 0 radical (unpaired) electrons. The minimum Gasteiger partial charge on any atom is -0.508 e. The van der Waals surface area contributed by atoms with E-state index in [2.05, 4.69) is 51.3 Å². The number of phenolic OH excluding ortho intramolecular Hbond substituents is 2. The fourth-order valence-electron chi connectivity index (χ4n) is 18.3. The van der Waals surface area contributed by atoms with Crippen LogP contribution in [-0.2, 0) is 20.7 Å². The fraction of sp³-hybridized carbons (Fsp3) is 0.792. The van der Waals surface area contributed by atoms with Crippen LogP contribution in [0.4, 0.5) is 0 Å². The lowest BCUT2D eigenvalue weighted by Crippen LogP contribution is -2.72. The van der Waals surface area contributed by atoms with Gasteiger partial charge < -0.3 is 61.0 Å². The Labute approximate surface area is 390 Å². The van der Waals surface area contributed by atoms with Gasteiger partial charge >= 0.3 is 0 Å². The molecule has 66 heavy (non-hydrogen) atoms. The van der Waals surface area contributed by atoms with Crippen LogP contribution in [0.15, 0.2) is 35.4 Å². The van der Waals surface area contributed by atoms with Crippen molar-refractivity contribution >= 4 is 5.78 Å². The molecular formula is C53H78N2O11. The molecule has 366 valence electrons. The Morgan fingerprint density at radius 1 is 1.00 bits per heavy atom. The monoisotopic (exact) mass is 919 g/mol. The molecular weight excluding hydrogens is 841 g/mol. The van der Waals surface area contributed by atoms with Gasteiger partial charge in [0, 0.05) is 80.2 Å². The summed E-state index contributed by atoms with van der Waals surface area (Å²) in [5.74, 6) is -4.01. The van der Waals surface area contributed by atoms with Gasteiger partial charge in [-0.3, -0.25) is 4.79 Å². The normalized spacial score (nSPS) is 47.6. The van der Waals surface area contributed by atoms with Crippen molar-refractivity contribution in [1.82, 2.24) is 10.6 Å². The van der Waals surface area contributed by atoms with Crippen molar-refractivity contribution in [3.8, 4) is 11.5 Å². The summed E-state index contributed by atoms with van der Waals surface area (Å²) in [4.78, 5) is 15.6. The van der Waals surface area contributed by atoms with E-state index in [0.29, 0.717) is 55.5 Å². The molecule has 5 saturated carbocycles. The largest absolute Gasteiger partial charge is 0.508 e. The Balaban J connectivity index is 1.13. The molecule has 1 aromatic carbocycles. The van der Waals surface area contributed by atoms with Crippen molar-refractivity contribution in [3.63, 3.8) is 0 Å². The van der Waals surface area contributed by atoms with E-state index in [9.17, 15) is 40.9 Å². The lowest BCUT2D eigenvalue weighted by Gasteiger charge is -2.69. The number of aliphatic hydroxyl groups is 6. The van der Waals surface area contributed by atoms with Crippen LogP contribution < -0.4 is 10.6 Å². The molecule has 9 aliphatic carbocycles. The van der Waals surface area contributed by atoms with Gasteiger partial charge in [-0.05, 0) is 122 Å². The standard InChI is InChI=1S/C53H78N2O11/c1-7-55-25-31-21-46(3)14-11-35(31)53(45(61)29(46)2)51(63,16-17-56)44-39(66-53)22-52(64)36-20-38(60)42-41-34-18-32(58)19-37(59)33(34)10-15-50(41,62)40(65-27-30(26-57)24-54-6)23-47(42,4)43(36)49(12-8-9-13-49)28-48(44,52)5/h18-21,29-30,35,39-45,54-59,61-64H,7-17,22-28H2,1-6H3.